The van der Waals surface area contributed by atoms with Crippen LogP contribution in [0.15, 0.2) is 0 Å². The summed E-state index contributed by atoms with van der Waals surface area (Å²) in [4.78, 5) is 83.3. The molecule has 281 valence electrons. The number of halogens is 2. The molecule has 0 aromatic rings. The van der Waals surface area contributed by atoms with Gasteiger partial charge in [0, 0.05) is 66.0 Å². The van der Waals surface area contributed by atoms with Crippen LogP contribution in [-0.2, 0) is 38.1 Å². The number of alkyl halides is 2. The van der Waals surface area contributed by atoms with Crippen LogP contribution in [0.2, 0.25) is 0 Å². The molecule has 4 amide bonds. The Balaban J connectivity index is 1.77. The third-order valence-electron chi connectivity index (χ3n) is 9.42. The molecule has 0 aliphatic carbocycles. The number of piperidine rings is 2. The number of rotatable bonds is 10. The molecule has 1 radical (unpaired) electrons. The van der Waals surface area contributed by atoms with Gasteiger partial charge in [0.05, 0.1) is 11.1 Å². The van der Waals surface area contributed by atoms with Crippen molar-refractivity contribution in [3.05, 3.63) is 0 Å². The van der Waals surface area contributed by atoms with Crippen molar-refractivity contribution in [3.8, 4) is 23.7 Å². The highest BCUT2D eigenvalue weighted by atomic mass is 19.1. The van der Waals surface area contributed by atoms with E-state index in [2.05, 4.69) is 23.7 Å². The second-order valence-electron chi connectivity index (χ2n) is 14.3. The number of hydrogen-bond donors (Lipinski definition) is 0. The summed E-state index contributed by atoms with van der Waals surface area (Å²) in [5.41, 5.74) is -5.72. The highest BCUT2D eigenvalue weighted by Crippen LogP contribution is 2.30. The third-order valence-corrected chi connectivity index (χ3v) is 9.42. The van der Waals surface area contributed by atoms with Gasteiger partial charge >= 0.3 is 19.6 Å². The molecule has 2 rings (SSSR count). The van der Waals surface area contributed by atoms with Crippen molar-refractivity contribution in [1.29, 1.82) is 0 Å². The van der Waals surface area contributed by atoms with Crippen molar-refractivity contribution in [3.63, 3.8) is 0 Å². The van der Waals surface area contributed by atoms with Crippen LogP contribution in [-0.4, -0.2) is 177 Å². The van der Waals surface area contributed by atoms with Crippen molar-refractivity contribution in [1.82, 2.24) is 29.4 Å². The summed E-state index contributed by atoms with van der Waals surface area (Å²) < 4.78 is 40.5. The largest absolute Gasteiger partial charge is 0.662 e. The van der Waals surface area contributed by atoms with Crippen LogP contribution in [0.3, 0.4) is 0 Å². The second kappa shape index (κ2) is 17.3. The lowest BCUT2D eigenvalue weighted by atomic mass is 9.91. The summed E-state index contributed by atoms with van der Waals surface area (Å²) >= 11 is 0. The Morgan fingerprint density at radius 3 is 1.20 bits per heavy atom. The van der Waals surface area contributed by atoms with Crippen LogP contribution in [0.5, 0.6) is 0 Å². The minimum Gasteiger partial charge on any atom is -0.498 e. The van der Waals surface area contributed by atoms with E-state index in [0.29, 0.717) is 7.69 Å². The number of hydrogen-bond acceptors (Lipinski definition) is 10. The lowest BCUT2D eigenvalue weighted by molar-refractivity contribution is -0.153. The number of carbonyl (C=O) groups is 6. The third kappa shape index (κ3) is 11.9. The van der Waals surface area contributed by atoms with Gasteiger partial charge in [0.1, 0.15) is 13.1 Å². The van der Waals surface area contributed by atoms with E-state index in [0.717, 1.165) is 9.80 Å². The second-order valence-corrected chi connectivity index (χ2v) is 14.3. The number of amides is 4. The number of likely N-dealkylation sites (tertiary alicyclic amines) is 2. The van der Waals surface area contributed by atoms with Gasteiger partial charge in [-0.05, 0) is 67.7 Å². The standard InChI is InChI=1S/C34H50BF2N6O8/c1-31(2,38(5)6)13-11-25(44)42-19-15-33(36,16-20-42)29(48)40(9)23-27(46)50-35-51-28(47)24-41(10)30(49)34(37)17-21-43(22-18-34)26(45)12-14-32(3,4)39(7)8/h15-24H2,1-10H3. The summed E-state index contributed by atoms with van der Waals surface area (Å²) in [6.07, 6.45) is -1.14. The first-order valence-corrected chi connectivity index (χ1v) is 16.5. The first-order valence-electron chi connectivity index (χ1n) is 16.5. The summed E-state index contributed by atoms with van der Waals surface area (Å²) in [6.45, 7) is 5.91. The van der Waals surface area contributed by atoms with Crippen LogP contribution in [0.1, 0.15) is 53.4 Å². The summed E-state index contributed by atoms with van der Waals surface area (Å²) in [7, 11) is 10.1. The summed E-state index contributed by atoms with van der Waals surface area (Å²) in [5, 5.41) is 0. The molecule has 2 heterocycles. The predicted molar refractivity (Wildman–Crippen MR) is 184 cm³/mol. The molecule has 0 saturated carbocycles. The van der Waals surface area contributed by atoms with Gasteiger partial charge in [0.25, 0.3) is 23.6 Å². The van der Waals surface area contributed by atoms with E-state index >= 15 is 8.78 Å². The van der Waals surface area contributed by atoms with E-state index in [1.54, 1.807) is 0 Å². The van der Waals surface area contributed by atoms with E-state index in [-0.39, 0.29) is 51.9 Å². The Morgan fingerprint density at radius 1 is 0.627 bits per heavy atom. The van der Waals surface area contributed by atoms with Gasteiger partial charge in [-0.25, -0.2) is 8.78 Å². The molecule has 2 fully saturated rings. The van der Waals surface area contributed by atoms with Crippen molar-refractivity contribution in [2.75, 3.05) is 81.6 Å². The first kappa shape index (κ1) is 43.0. The van der Waals surface area contributed by atoms with E-state index in [1.165, 1.54) is 23.9 Å². The quantitative estimate of drug-likeness (QED) is 0.222. The molecule has 0 aromatic carbocycles. The first-order chi connectivity index (χ1) is 23.4. The van der Waals surface area contributed by atoms with Crippen molar-refractivity contribution < 1.29 is 46.9 Å². The molecule has 0 atom stereocenters. The minimum atomic E-state index is -2.31. The highest BCUT2D eigenvalue weighted by molar-refractivity contribution is 6.26. The van der Waals surface area contributed by atoms with Crippen molar-refractivity contribution in [2.45, 2.75) is 75.8 Å². The minimum absolute atomic E-state index is 0.0378. The van der Waals surface area contributed by atoms with Crippen LogP contribution in [0.4, 0.5) is 8.78 Å². The maximum Gasteiger partial charge on any atom is 0.662 e. The van der Waals surface area contributed by atoms with Crippen LogP contribution >= 0.6 is 0 Å². The molecule has 0 aromatic heterocycles. The Bertz CT molecular complexity index is 1360. The zero-order valence-corrected chi connectivity index (χ0v) is 31.4. The number of carbonyl (C=O) groups excluding carboxylic acids is 6. The molecule has 17 heteroatoms. The van der Waals surface area contributed by atoms with Gasteiger partial charge < -0.3 is 28.9 Å². The van der Waals surface area contributed by atoms with Crippen molar-refractivity contribution >= 4 is 43.3 Å². The van der Waals surface area contributed by atoms with Gasteiger partial charge in [-0.3, -0.25) is 38.6 Å². The smallest absolute Gasteiger partial charge is 0.498 e. The normalized spacial score (nSPS) is 16.9. The zero-order chi connectivity index (χ0) is 38.9. The predicted octanol–water partition coefficient (Wildman–Crippen LogP) is -0.128. The molecule has 0 bridgehead atoms. The number of nitrogens with zero attached hydrogens (tertiary/aromatic N) is 6. The van der Waals surface area contributed by atoms with Gasteiger partial charge in [-0.2, -0.15) is 0 Å². The molecule has 2 saturated heterocycles. The lowest BCUT2D eigenvalue weighted by Crippen LogP contribution is -2.53. The molecular formula is C34H50BF2N6O8. The molecule has 0 spiro atoms. The average Bonchev–Trinajstić information content (AvgIpc) is 3.05. The highest BCUT2D eigenvalue weighted by Gasteiger charge is 2.46. The molecule has 2 aliphatic rings. The van der Waals surface area contributed by atoms with E-state index in [4.69, 9.17) is 9.31 Å². The maximum absolute atomic E-state index is 15.6. The SMILES string of the molecule is CN(CC(=O)O[B]OC(=O)CN(C)C(=O)C1(F)CCN(C(=O)C#CC(C)(C)N(C)C)CC1)C(=O)C1(F)CCN(C(=O)C#CC(C)(C)N(C)C)CC1. The van der Waals surface area contributed by atoms with Gasteiger partial charge in [0.15, 0.2) is 11.3 Å². The molecule has 51 heavy (non-hydrogen) atoms. The Kier molecular flexibility index (Phi) is 14.6. The van der Waals surface area contributed by atoms with E-state index in [9.17, 15) is 28.8 Å². The zero-order valence-electron chi connectivity index (χ0n) is 31.4. The van der Waals surface area contributed by atoms with Gasteiger partial charge in [-0.15, -0.1) is 0 Å². The van der Waals surface area contributed by atoms with Crippen LogP contribution in [0.25, 0.3) is 0 Å². The van der Waals surface area contributed by atoms with Crippen LogP contribution in [0, 0.1) is 23.7 Å². The lowest BCUT2D eigenvalue weighted by Gasteiger charge is -2.36. The van der Waals surface area contributed by atoms with Gasteiger partial charge in [0.2, 0.25) is 0 Å². The summed E-state index contributed by atoms with van der Waals surface area (Å²) in [6, 6.07) is 0. The average molecular weight is 720 g/mol. The van der Waals surface area contributed by atoms with Crippen molar-refractivity contribution in [2.24, 2.45) is 0 Å². The van der Waals surface area contributed by atoms with Crippen LogP contribution < -0.4 is 0 Å². The Labute approximate surface area is 300 Å². The maximum atomic E-state index is 15.6. The van der Waals surface area contributed by atoms with Gasteiger partial charge in [-0.1, -0.05) is 11.8 Å². The fraction of sp³-hybridized carbons (Fsp3) is 0.706. The number of likely N-dealkylation sites (N-methyl/N-ethyl adjacent to an activating group) is 2. The Hall–Kier alpha value is -4.22. The molecular weight excluding hydrogens is 669 g/mol. The fourth-order valence-electron chi connectivity index (χ4n) is 4.77. The molecule has 2 aliphatic heterocycles. The molecule has 14 nitrogen and oxygen atoms in total. The monoisotopic (exact) mass is 719 g/mol. The summed E-state index contributed by atoms with van der Waals surface area (Å²) in [5.74, 6) is 5.96. The van der Waals surface area contributed by atoms with E-state index < -0.39 is 71.1 Å². The van der Waals surface area contributed by atoms with E-state index in [1.807, 2.05) is 65.7 Å². The topological polar surface area (TPSA) is 140 Å². The molecule has 0 unspecified atom stereocenters. The fourth-order valence-corrected chi connectivity index (χ4v) is 4.77. The molecule has 0 N–H and O–H groups in total. The Morgan fingerprint density at radius 2 is 0.922 bits per heavy atom.